The third-order valence-corrected chi connectivity index (χ3v) is 3.21. The maximum Gasteiger partial charge on any atom is 0.0626 e. The molecule has 0 saturated carbocycles. The summed E-state index contributed by atoms with van der Waals surface area (Å²) in [6.07, 6.45) is 0. The van der Waals surface area contributed by atoms with Crippen LogP contribution in [-0.2, 0) is 0 Å². The molecule has 2 aliphatic rings. The zero-order chi connectivity index (χ0) is 10.3. The Bertz CT molecular complexity index is 377. The fraction of sp³-hybridized carbons (Fsp3) is 0.455. The topological polar surface area (TPSA) is 53.3 Å². The summed E-state index contributed by atoms with van der Waals surface area (Å²) in [6.45, 7) is 4.21. The first-order valence-electron chi connectivity index (χ1n) is 5.45. The second kappa shape index (κ2) is 3.31. The van der Waals surface area contributed by atoms with Crippen molar-refractivity contribution in [2.45, 2.75) is 6.04 Å². The smallest absolute Gasteiger partial charge is 0.0626 e. The Morgan fingerprint density at radius 2 is 2.27 bits per heavy atom. The molecule has 4 N–H and O–H groups in total. The molecular weight excluding hydrogens is 188 g/mol. The van der Waals surface area contributed by atoms with Gasteiger partial charge >= 0.3 is 0 Å². The van der Waals surface area contributed by atoms with Gasteiger partial charge in [0.25, 0.3) is 0 Å². The van der Waals surface area contributed by atoms with Crippen LogP contribution in [0.4, 0.5) is 17.1 Å². The third-order valence-electron chi connectivity index (χ3n) is 3.21. The first-order valence-corrected chi connectivity index (χ1v) is 5.45. The molecular formula is C11H16N4. The largest absolute Gasteiger partial charge is 0.399 e. The molecule has 0 aromatic heterocycles. The fourth-order valence-corrected chi connectivity index (χ4v) is 2.42. The van der Waals surface area contributed by atoms with E-state index in [1.54, 1.807) is 0 Å². The van der Waals surface area contributed by atoms with Crippen molar-refractivity contribution in [1.29, 1.82) is 0 Å². The summed E-state index contributed by atoms with van der Waals surface area (Å²) in [5.74, 6) is 0. The van der Waals surface area contributed by atoms with E-state index in [9.17, 15) is 0 Å². The van der Waals surface area contributed by atoms with E-state index < -0.39 is 0 Å². The molecule has 0 aliphatic carbocycles. The van der Waals surface area contributed by atoms with Crippen molar-refractivity contribution in [3.8, 4) is 0 Å². The first kappa shape index (κ1) is 8.85. The van der Waals surface area contributed by atoms with Crippen LogP contribution in [0.25, 0.3) is 0 Å². The minimum Gasteiger partial charge on any atom is -0.399 e. The fourth-order valence-electron chi connectivity index (χ4n) is 2.42. The van der Waals surface area contributed by atoms with Gasteiger partial charge in [-0.05, 0) is 18.2 Å². The van der Waals surface area contributed by atoms with Crippen LogP contribution in [0, 0.1) is 0 Å². The van der Waals surface area contributed by atoms with Crippen LogP contribution in [0.2, 0.25) is 0 Å². The number of rotatable bonds is 0. The van der Waals surface area contributed by atoms with E-state index in [0.717, 1.165) is 31.9 Å². The van der Waals surface area contributed by atoms with Gasteiger partial charge < -0.3 is 21.3 Å². The Balaban J connectivity index is 2.01. The Morgan fingerprint density at radius 3 is 3.20 bits per heavy atom. The maximum atomic E-state index is 5.83. The van der Waals surface area contributed by atoms with Gasteiger partial charge in [-0.3, -0.25) is 0 Å². The van der Waals surface area contributed by atoms with Crippen LogP contribution in [0.1, 0.15) is 0 Å². The van der Waals surface area contributed by atoms with Gasteiger partial charge in [0, 0.05) is 31.9 Å². The number of nitrogen functional groups attached to an aromatic ring is 1. The molecule has 3 rings (SSSR count). The molecule has 2 heterocycles. The van der Waals surface area contributed by atoms with Crippen LogP contribution in [-0.4, -0.2) is 32.2 Å². The minimum absolute atomic E-state index is 0.563. The third kappa shape index (κ3) is 1.41. The van der Waals surface area contributed by atoms with Crippen LogP contribution in [0.15, 0.2) is 18.2 Å². The van der Waals surface area contributed by atoms with E-state index in [2.05, 4.69) is 27.7 Å². The Hall–Kier alpha value is -1.42. The lowest BCUT2D eigenvalue weighted by Gasteiger charge is -2.42. The number of nitrogens with two attached hydrogens (primary N) is 1. The lowest BCUT2D eigenvalue weighted by molar-refractivity contribution is 0.482. The van der Waals surface area contributed by atoms with E-state index in [4.69, 9.17) is 5.73 Å². The summed E-state index contributed by atoms with van der Waals surface area (Å²) >= 11 is 0. The molecule has 0 spiro atoms. The van der Waals surface area contributed by atoms with Crippen molar-refractivity contribution in [3.63, 3.8) is 0 Å². The van der Waals surface area contributed by atoms with Gasteiger partial charge in [-0.15, -0.1) is 0 Å². The number of nitrogens with one attached hydrogen (secondary N) is 2. The highest BCUT2D eigenvalue weighted by atomic mass is 15.3. The van der Waals surface area contributed by atoms with Crippen LogP contribution in [0.3, 0.4) is 0 Å². The van der Waals surface area contributed by atoms with Gasteiger partial charge in [0.2, 0.25) is 0 Å². The number of nitrogens with zero attached hydrogens (tertiary/aromatic N) is 1. The number of hydrogen-bond donors (Lipinski definition) is 3. The Kier molecular flexibility index (Phi) is 1.95. The molecule has 1 saturated heterocycles. The van der Waals surface area contributed by atoms with Gasteiger partial charge in [-0.25, -0.2) is 0 Å². The van der Waals surface area contributed by atoms with Crippen LogP contribution in [0.5, 0.6) is 0 Å². The van der Waals surface area contributed by atoms with E-state index in [1.807, 2.05) is 6.07 Å². The minimum atomic E-state index is 0.563. The Labute approximate surface area is 89.4 Å². The molecule has 4 nitrogen and oxygen atoms in total. The maximum absolute atomic E-state index is 5.83. The summed E-state index contributed by atoms with van der Waals surface area (Å²) in [6, 6.07) is 6.66. The van der Waals surface area contributed by atoms with Crippen molar-refractivity contribution in [3.05, 3.63) is 18.2 Å². The van der Waals surface area contributed by atoms with E-state index >= 15 is 0 Å². The van der Waals surface area contributed by atoms with Gasteiger partial charge in [0.05, 0.1) is 17.4 Å². The highest BCUT2D eigenvalue weighted by molar-refractivity contribution is 5.76. The highest BCUT2D eigenvalue weighted by Gasteiger charge is 2.27. The number of anilines is 3. The van der Waals surface area contributed by atoms with Crippen molar-refractivity contribution in [2.24, 2.45) is 0 Å². The molecule has 0 bridgehead atoms. The normalized spacial score (nSPS) is 24.0. The first-order chi connectivity index (χ1) is 7.34. The number of piperazine rings is 1. The molecule has 0 amide bonds. The average molecular weight is 204 g/mol. The Morgan fingerprint density at radius 1 is 1.33 bits per heavy atom. The lowest BCUT2D eigenvalue weighted by Crippen LogP contribution is -2.56. The predicted molar refractivity (Wildman–Crippen MR) is 63.3 cm³/mol. The zero-order valence-corrected chi connectivity index (χ0v) is 8.66. The number of hydrogen-bond acceptors (Lipinski definition) is 4. The summed E-state index contributed by atoms with van der Waals surface area (Å²) in [4.78, 5) is 2.46. The molecule has 1 unspecified atom stereocenters. The second-order valence-electron chi connectivity index (χ2n) is 4.21. The lowest BCUT2D eigenvalue weighted by atomic mass is 10.1. The van der Waals surface area contributed by atoms with Gasteiger partial charge in [-0.1, -0.05) is 0 Å². The molecule has 1 aromatic rings. The molecule has 80 valence electrons. The van der Waals surface area contributed by atoms with Crippen LogP contribution < -0.4 is 21.3 Å². The second-order valence-corrected chi connectivity index (χ2v) is 4.21. The summed E-state index contributed by atoms with van der Waals surface area (Å²) < 4.78 is 0. The highest BCUT2D eigenvalue weighted by Crippen LogP contribution is 2.33. The molecule has 1 atom stereocenters. The summed E-state index contributed by atoms with van der Waals surface area (Å²) in [5.41, 5.74) is 9.14. The monoisotopic (exact) mass is 204 g/mol. The molecule has 4 heteroatoms. The number of benzene rings is 1. The van der Waals surface area contributed by atoms with Crippen molar-refractivity contribution in [2.75, 3.05) is 42.1 Å². The van der Waals surface area contributed by atoms with Gasteiger partial charge in [0.15, 0.2) is 0 Å². The zero-order valence-electron chi connectivity index (χ0n) is 8.66. The summed E-state index contributed by atoms with van der Waals surface area (Å²) in [5, 5.41) is 6.87. The number of fused-ring (bicyclic) bond motifs is 3. The average Bonchev–Trinajstić information content (AvgIpc) is 2.29. The molecule has 1 aromatic carbocycles. The van der Waals surface area contributed by atoms with Crippen molar-refractivity contribution in [1.82, 2.24) is 5.32 Å². The summed E-state index contributed by atoms with van der Waals surface area (Å²) in [7, 11) is 0. The van der Waals surface area contributed by atoms with E-state index in [0.29, 0.717) is 6.04 Å². The molecule has 1 fully saturated rings. The SMILES string of the molecule is Nc1ccc2c(c1)N1CCNCC1CN2. The van der Waals surface area contributed by atoms with Gasteiger partial charge in [0.1, 0.15) is 0 Å². The van der Waals surface area contributed by atoms with Crippen molar-refractivity contribution >= 4 is 17.1 Å². The molecule has 15 heavy (non-hydrogen) atoms. The predicted octanol–water partition coefficient (Wildman–Crippen LogP) is 0.472. The van der Waals surface area contributed by atoms with Gasteiger partial charge in [-0.2, -0.15) is 0 Å². The van der Waals surface area contributed by atoms with Crippen molar-refractivity contribution < 1.29 is 0 Å². The van der Waals surface area contributed by atoms with E-state index in [-0.39, 0.29) is 0 Å². The standard InChI is InChI=1S/C11H16N4/c12-8-1-2-10-11(5-8)15-4-3-13-6-9(15)7-14-10/h1-2,5,9,13-14H,3-4,6-7,12H2. The van der Waals surface area contributed by atoms with Crippen LogP contribution >= 0.6 is 0 Å². The quantitative estimate of drug-likeness (QED) is 0.538. The molecule has 0 radical (unpaired) electrons. The molecule has 2 aliphatic heterocycles. The van der Waals surface area contributed by atoms with E-state index in [1.165, 1.54) is 11.4 Å².